The zero-order valence-corrected chi connectivity index (χ0v) is 36.1. The second-order valence-corrected chi connectivity index (χ2v) is 17.2. The number of nitrogens with zero attached hydrogens (tertiary/aromatic N) is 2. The molecule has 0 aliphatic carbocycles. The summed E-state index contributed by atoms with van der Waals surface area (Å²) >= 11 is 3.57. The zero-order valence-electron chi connectivity index (χ0n) is 32.1. The summed E-state index contributed by atoms with van der Waals surface area (Å²) in [5, 5.41) is 26.1. The van der Waals surface area contributed by atoms with Crippen molar-refractivity contribution in [2.24, 2.45) is 0 Å². The molecule has 1 atom stereocenters. The normalized spacial score (nSPS) is 12.5. The van der Waals surface area contributed by atoms with E-state index in [1.807, 2.05) is 6.07 Å². The molecule has 4 aromatic heterocycles. The standard InChI is InChI=1S/C21H19NS.C21H18NS.C5H10O2.Ir/c2*1-21(2,3)15-10-8-14(9-11-15)19-17-12-13-23-20(17)16-6-4-5-7-18(16)22-19;1-4(6)3-5(2)7;/h4-13H,1-3H3;4-8,10-13H,1-3H3;3-4,6-7H,1-2H3;/q;-1;;. The zero-order chi connectivity index (χ0) is 37.9. The molecule has 8 aromatic rings. The van der Waals surface area contributed by atoms with Gasteiger partial charge in [-0.05, 0) is 76.4 Å². The van der Waals surface area contributed by atoms with Crippen LogP contribution in [0.4, 0.5) is 0 Å². The molecule has 0 bridgehead atoms. The van der Waals surface area contributed by atoms with E-state index in [9.17, 15) is 0 Å². The number of aliphatic hydroxyl groups is 2. The Balaban J connectivity index is 0.000000174. The number of fused-ring (bicyclic) bond motifs is 6. The molecule has 7 heteroatoms. The maximum Gasteiger partial charge on any atom is 0.0877 e. The van der Waals surface area contributed by atoms with Crippen molar-refractivity contribution in [3.8, 4) is 22.5 Å². The fourth-order valence-corrected chi connectivity index (χ4v) is 8.10. The van der Waals surface area contributed by atoms with Gasteiger partial charge in [-0.15, -0.1) is 58.1 Å². The van der Waals surface area contributed by atoms with Crippen molar-refractivity contribution >= 4 is 64.7 Å². The van der Waals surface area contributed by atoms with Gasteiger partial charge in [0, 0.05) is 51.2 Å². The first-order chi connectivity index (χ1) is 25.2. The number of allylic oxidation sites excluding steroid dienone is 1. The predicted octanol–water partition coefficient (Wildman–Crippen LogP) is 13.5. The Morgan fingerprint density at radius 2 is 1.13 bits per heavy atom. The van der Waals surface area contributed by atoms with Crippen LogP contribution in [-0.4, -0.2) is 26.3 Å². The number of hydrogen-bond donors (Lipinski definition) is 2. The van der Waals surface area contributed by atoms with Gasteiger partial charge in [-0.25, -0.2) is 4.98 Å². The summed E-state index contributed by atoms with van der Waals surface area (Å²) in [6.07, 6.45) is 0.824. The number of aliphatic hydroxyl groups excluding tert-OH is 2. The van der Waals surface area contributed by atoms with Crippen molar-refractivity contribution in [1.29, 1.82) is 0 Å². The fraction of sp³-hybridized carbons (Fsp3) is 0.234. The number of thiophene rings is 2. The first kappa shape index (κ1) is 40.9. The molecule has 0 fully saturated rings. The molecule has 0 amide bonds. The van der Waals surface area contributed by atoms with Crippen molar-refractivity contribution in [1.82, 2.24) is 9.97 Å². The number of hydrogen-bond acceptors (Lipinski definition) is 6. The molecule has 4 heterocycles. The average Bonchev–Trinajstić information content (AvgIpc) is 3.82. The minimum atomic E-state index is -0.537. The minimum absolute atomic E-state index is 0. The van der Waals surface area contributed by atoms with Crippen LogP contribution in [0, 0.1) is 6.07 Å². The molecule has 1 unspecified atom stereocenters. The first-order valence-electron chi connectivity index (χ1n) is 17.9. The number of aromatic nitrogens is 2. The Labute approximate surface area is 340 Å². The second kappa shape index (κ2) is 17.1. The molecule has 0 saturated carbocycles. The Morgan fingerprint density at radius 3 is 1.57 bits per heavy atom. The summed E-state index contributed by atoms with van der Waals surface area (Å²) in [5.74, 6) is 0.162. The first-order valence-corrected chi connectivity index (χ1v) is 19.7. The smallest absolute Gasteiger partial charge is 0.0877 e. The van der Waals surface area contributed by atoms with E-state index in [4.69, 9.17) is 20.2 Å². The van der Waals surface area contributed by atoms with Gasteiger partial charge in [0.15, 0.2) is 0 Å². The van der Waals surface area contributed by atoms with Gasteiger partial charge in [0.1, 0.15) is 0 Å². The molecule has 0 saturated heterocycles. The molecule has 0 aliphatic rings. The van der Waals surface area contributed by atoms with E-state index in [-0.39, 0.29) is 36.7 Å². The molecule has 279 valence electrons. The van der Waals surface area contributed by atoms with Crippen LogP contribution in [0.2, 0.25) is 0 Å². The van der Waals surface area contributed by atoms with E-state index in [2.05, 4.69) is 155 Å². The van der Waals surface area contributed by atoms with Crippen LogP contribution in [0.25, 0.3) is 64.5 Å². The van der Waals surface area contributed by atoms with Crippen LogP contribution in [0.15, 0.2) is 126 Å². The number of para-hydroxylation sites is 2. The molecule has 8 rings (SSSR count). The quantitative estimate of drug-likeness (QED) is 0.137. The van der Waals surface area contributed by atoms with E-state index in [1.165, 1.54) is 60.6 Å². The van der Waals surface area contributed by atoms with Crippen LogP contribution in [0.1, 0.15) is 66.5 Å². The monoisotopic (exact) mass is 928 g/mol. The third kappa shape index (κ3) is 9.34. The average molecular weight is 928 g/mol. The third-order valence-electron chi connectivity index (χ3n) is 9.04. The van der Waals surface area contributed by atoms with Gasteiger partial charge >= 0.3 is 0 Å². The minimum Gasteiger partial charge on any atom is -0.513 e. The topological polar surface area (TPSA) is 66.2 Å². The predicted molar refractivity (Wildman–Crippen MR) is 229 cm³/mol. The second-order valence-electron chi connectivity index (χ2n) is 15.4. The van der Waals surface area contributed by atoms with Gasteiger partial charge in [0.2, 0.25) is 0 Å². The summed E-state index contributed by atoms with van der Waals surface area (Å²) in [5.41, 5.74) is 9.44. The maximum atomic E-state index is 8.49. The number of rotatable bonds is 3. The van der Waals surface area contributed by atoms with Crippen molar-refractivity contribution in [2.75, 3.05) is 0 Å². The van der Waals surface area contributed by atoms with Gasteiger partial charge < -0.3 is 10.2 Å². The molecule has 4 nitrogen and oxygen atoms in total. The molecule has 0 spiro atoms. The van der Waals surface area contributed by atoms with Crippen LogP contribution in [0.3, 0.4) is 0 Å². The molecular formula is C47H47IrN2O2S2-. The van der Waals surface area contributed by atoms with E-state index in [0.29, 0.717) is 0 Å². The summed E-state index contributed by atoms with van der Waals surface area (Å²) in [6.45, 7) is 16.5. The van der Waals surface area contributed by atoms with Gasteiger partial charge in [0.05, 0.1) is 28.6 Å². The third-order valence-corrected chi connectivity index (χ3v) is 10.9. The van der Waals surface area contributed by atoms with E-state index < -0.39 is 6.10 Å². The maximum absolute atomic E-state index is 8.49. The van der Waals surface area contributed by atoms with Crippen molar-refractivity contribution in [3.05, 3.63) is 143 Å². The molecule has 4 aromatic carbocycles. The number of benzene rings is 4. The van der Waals surface area contributed by atoms with E-state index in [1.54, 1.807) is 29.6 Å². The van der Waals surface area contributed by atoms with Crippen LogP contribution in [0.5, 0.6) is 0 Å². The number of pyridine rings is 2. The fourth-order valence-electron chi connectivity index (χ4n) is 6.24. The Bertz CT molecular complexity index is 2350. The Kier molecular flexibility index (Phi) is 12.9. The summed E-state index contributed by atoms with van der Waals surface area (Å²) in [4.78, 5) is 9.86. The summed E-state index contributed by atoms with van der Waals surface area (Å²) in [6, 6.07) is 39.9. The van der Waals surface area contributed by atoms with Crippen molar-refractivity contribution in [3.63, 3.8) is 0 Å². The molecular weight excluding hydrogens is 881 g/mol. The summed E-state index contributed by atoms with van der Waals surface area (Å²) in [7, 11) is 0. The van der Waals surface area contributed by atoms with Crippen LogP contribution >= 0.6 is 22.7 Å². The molecule has 0 aliphatic heterocycles. The molecule has 2 N–H and O–H groups in total. The van der Waals surface area contributed by atoms with Gasteiger partial charge in [-0.1, -0.05) is 108 Å². The molecule has 1 radical (unpaired) electrons. The SMILES string of the molecule is CC(C)(C)c1c[c-]c(-c2nc3ccccc3c3sccc23)cc1.CC(C)(C)c1ccc(-c2nc3ccccc3c3sccc23)cc1.CC(O)=CC(C)O.[Ir]. The van der Waals surface area contributed by atoms with Crippen molar-refractivity contribution < 1.29 is 30.3 Å². The van der Waals surface area contributed by atoms with Crippen LogP contribution in [-0.2, 0) is 30.9 Å². The molecule has 54 heavy (non-hydrogen) atoms. The van der Waals surface area contributed by atoms with Crippen LogP contribution < -0.4 is 0 Å². The van der Waals surface area contributed by atoms with Gasteiger partial charge in [0.25, 0.3) is 0 Å². The van der Waals surface area contributed by atoms with Crippen molar-refractivity contribution in [2.45, 2.75) is 72.3 Å². The Morgan fingerprint density at radius 1 is 0.648 bits per heavy atom. The Hall–Kier alpha value is -4.23. The van der Waals surface area contributed by atoms with E-state index in [0.717, 1.165) is 28.0 Å². The summed E-state index contributed by atoms with van der Waals surface area (Å²) < 4.78 is 2.63. The van der Waals surface area contributed by atoms with Gasteiger partial charge in [-0.3, -0.25) is 4.98 Å². The van der Waals surface area contributed by atoms with E-state index >= 15 is 0 Å². The largest absolute Gasteiger partial charge is 0.513 e. The van der Waals surface area contributed by atoms with Gasteiger partial charge in [-0.2, -0.15) is 0 Å².